The Kier molecular flexibility index (Phi) is 5.75. The molecule has 0 bridgehead atoms. The molecule has 2 heterocycles. The van der Waals surface area contributed by atoms with E-state index < -0.39 is 29.9 Å². The number of benzene rings is 2. The maximum Gasteiger partial charge on any atom is 0.410 e. The molecule has 31 heavy (non-hydrogen) atoms. The lowest BCUT2D eigenvalue weighted by molar-refractivity contribution is -0.00165. The molecule has 1 unspecified atom stereocenters. The topological polar surface area (TPSA) is 54.7 Å². The number of likely N-dealkylation sites (tertiary alicyclic amines) is 1. The molecular weight excluding hydrogens is 395 g/mol. The van der Waals surface area contributed by atoms with Crippen LogP contribution in [0, 0.1) is 5.82 Å². The number of aliphatic hydroxyl groups is 1. The number of rotatable bonds is 4. The zero-order chi connectivity index (χ0) is 22.2. The molecule has 3 atom stereocenters. The normalized spacial score (nSPS) is 18.9. The van der Waals surface area contributed by atoms with Gasteiger partial charge in [0.1, 0.15) is 11.4 Å². The van der Waals surface area contributed by atoms with Crippen molar-refractivity contribution in [1.29, 1.82) is 0 Å². The summed E-state index contributed by atoms with van der Waals surface area (Å²) in [5.41, 5.74) is 0.982. The highest BCUT2D eigenvalue weighted by atomic mass is 19.1. The van der Waals surface area contributed by atoms with Gasteiger partial charge in [0.05, 0.1) is 18.2 Å². The summed E-state index contributed by atoms with van der Waals surface area (Å²) in [7, 11) is 0. The van der Waals surface area contributed by atoms with Gasteiger partial charge in [0.2, 0.25) is 0 Å². The van der Waals surface area contributed by atoms with Gasteiger partial charge in [-0.05, 0) is 68.8 Å². The molecule has 1 fully saturated rings. The number of fused-ring (bicyclic) bond motifs is 1. The van der Waals surface area contributed by atoms with E-state index in [0.29, 0.717) is 18.5 Å². The highest BCUT2D eigenvalue weighted by molar-refractivity contribution is 5.80. The third-order valence-corrected chi connectivity index (χ3v) is 5.76. The number of ether oxygens (including phenoxy) is 1. The number of nitrogens with zero attached hydrogens (tertiary/aromatic N) is 2. The molecule has 0 aliphatic carbocycles. The number of hydrogen-bond donors (Lipinski definition) is 1. The lowest BCUT2D eigenvalue weighted by Crippen LogP contribution is -2.48. The second-order valence-electron chi connectivity index (χ2n) is 9.16. The Labute approximate surface area is 182 Å². The Balaban J connectivity index is 1.74. The van der Waals surface area contributed by atoms with Gasteiger partial charge in [0.25, 0.3) is 0 Å². The molecule has 0 spiro atoms. The second kappa shape index (κ2) is 8.35. The molecule has 4 rings (SSSR count). The molecule has 2 aromatic carbocycles. The Bertz CT molecular complexity index is 1070. The van der Waals surface area contributed by atoms with Crippen molar-refractivity contribution in [3.05, 3.63) is 72.2 Å². The van der Waals surface area contributed by atoms with Crippen LogP contribution in [0.25, 0.3) is 10.9 Å². The number of halogens is 1. The van der Waals surface area contributed by atoms with Crippen LogP contribution in [0.1, 0.15) is 45.2 Å². The summed E-state index contributed by atoms with van der Waals surface area (Å²) in [6.45, 7) is 6.01. The predicted octanol–water partition coefficient (Wildman–Crippen LogP) is 5.13. The van der Waals surface area contributed by atoms with E-state index >= 15 is 0 Å². The zero-order valence-electron chi connectivity index (χ0n) is 18.2. The molecule has 1 N–H and O–H groups in total. The van der Waals surface area contributed by atoms with Crippen LogP contribution in [0.2, 0.25) is 0 Å². The van der Waals surface area contributed by atoms with Gasteiger partial charge in [0, 0.05) is 18.3 Å². The highest BCUT2D eigenvalue weighted by Gasteiger charge is 2.40. The first kappa shape index (κ1) is 21.4. The summed E-state index contributed by atoms with van der Waals surface area (Å²) < 4.78 is 21.7. The molecule has 0 radical (unpaired) electrons. The number of carbonyl (C=O) groups excluding carboxylic acids is 1. The zero-order valence-corrected chi connectivity index (χ0v) is 18.2. The second-order valence-corrected chi connectivity index (χ2v) is 9.16. The van der Waals surface area contributed by atoms with E-state index in [0.717, 1.165) is 17.3 Å². The Hall–Kier alpha value is -2.86. The third kappa shape index (κ3) is 4.44. The van der Waals surface area contributed by atoms with Gasteiger partial charge in [-0.25, -0.2) is 9.18 Å². The molecule has 0 saturated carbocycles. The summed E-state index contributed by atoms with van der Waals surface area (Å²) in [4.78, 5) is 14.4. The summed E-state index contributed by atoms with van der Waals surface area (Å²) in [6, 6.07) is 15.2. The van der Waals surface area contributed by atoms with E-state index in [4.69, 9.17) is 4.74 Å². The smallest absolute Gasteiger partial charge is 0.410 e. The van der Waals surface area contributed by atoms with Crippen LogP contribution in [0.4, 0.5) is 9.18 Å². The Morgan fingerprint density at radius 3 is 2.68 bits per heavy atom. The summed E-state index contributed by atoms with van der Waals surface area (Å²) >= 11 is 0. The van der Waals surface area contributed by atoms with E-state index in [1.165, 1.54) is 12.1 Å². The standard InChI is InChI=1S/C25H29FN2O3/c1-25(2,3)31-24(30)28-14-7-12-21(28)23(29)22(18-9-6-10-19(26)16-18)27-15-13-17-8-4-5-11-20(17)27/h4-6,8-11,13,15-16,21-23,29H,7,12,14H2,1-3H3/t21-,22+,23?/m0/s1. The van der Waals surface area contributed by atoms with Gasteiger partial charge >= 0.3 is 6.09 Å². The van der Waals surface area contributed by atoms with Gasteiger partial charge < -0.3 is 19.3 Å². The van der Waals surface area contributed by atoms with Gasteiger partial charge in [-0.1, -0.05) is 30.3 Å². The van der Waals surface area contributed by atoms with Crippen molar-refractivity contribution in [3.8, 4) is 0 Å². The van der Waals surface area contributed by atoms with E-state index in [-0.39, 0.29) is 5.82 Å². The van der Waals surface area contributed by atoms with Crippen molar-refractivity contribution in [1.82, 2.24) is 9.47 Å². The average molecular weight is 425 g/mol. The minimum Gasteiger partial charge on any atom is -0.444 e. The number of hydrogen-bond acceptors (Lipinski definition) is 3. The highest BCUT2D eigenvalue weighted by Crippen LogP contribution is 2.34. The fourth-order valence-electron chi connectivity index (χ4n) is 4.47. The number of amides is 1. The molecule has 5 nitrogen and oxygen atoms in total. The van der Waals surface area contributed by atoms with Crippen molar-refractivity contribution in [3.63, 3.8) is 0 Å². The molecule has 3 aromatic rings. The fraction of sp³-hybridized carbons (Fsp3) is 0.400. The van der Waals surface area contributed by atoms with E-state index in [9.17, 15) is 14.3 Å². The Morgan fingerprint density at radius 1 is 1.16 bits per heavy atom. The van der Waals surface area contributed by atoms with E-state index in [1.807, 2.05) is 67.9 Å². The maximum atomic E-state index is 14.1. The predicted molar refractivity (Wildman–Crippen MR) is 118 cm³/mol. The number of carbonyl (C=O) groups is 1. The molecule has 164 valence electrons. The summed E-state index contributed by atoms with van der Waals surface area (Å²) in [5.74, 6) is -0.360. The van der Waals surface area contributed by atoms with Crippen LogP contribution in [0.3, 0.4) is 0 Å². The molecule has 1 aliphatic rings. The summed E-state index contributed by atoms with van der Waals surface area (Å²) in [5, 5.41) is 12.6. The third-order valence-electron chi connectivity index (χ3n) is 5.76. The first-order valence-corrected chi connectivity index (χ1v) is 10.7. The number of aliphatic hydroxyl groups excluding tert-OH is 1. The van der Waals surface area contributed by atoms with Crippen LogP contribution in [0.15, 0.2) is 60.8 Å². The lowest BCUT2D eigenvalue weighted by atomic mass is 9.94. The number of aromatic nitrogens is 1. The van der Waals surface area contributed by atoms with Crippen molar-refractivity contribution in [2.45, 2.75) is 57.4 Å². The Morgan fingerprint density at radius 2 is 1.94 bits per heavy atom. The first-order valence-electron chi connectivity index (χ1n) is 10.7. The molecule has 1 saturated heterocycles. The maximum absolute atomic E-state index is 14.1. The first-order chi connectivity index (χ1) is 14.7. The molecule has 6 heteroatoms. The van der Waals surface area contributed by atoms with E-state index in [1.54, 1.807) is 11.0 Å². The van der Waals surface area contributed by atoms with Crippen molar-refractivity contribution in [2.75, 3.05) is 6.54 Å². The van der Waals surface area contributed by atoms with Gasteiger partial charge in [0.15, 0.2) is 0 Å². The minimum atomic E-state index is -0.937. The van der Waals surface area contributed by atoms with Crippen molar-refractivity contribution in [2.24, 2.45) is 0 Å². The minimum absolute atomic E-state index is 0.360. The fourth-order valence-corrected chi connectivity index (χ4v) is 4.47. The van der Waals surface area contributed by atoms with Crippen LogP contribution in [0.5, 0.6) is 0 Å². The van der Waals surface area contributed by atoms with Crippen molar-refractivity contribution < 1.29 is 19.0 Å². The molecule has 1 amide bonds. The van der Waals surface area contributed by atoms with Gasteiger partial charge in [-0.3, -0.25) is 0 Å². The largest absolute Gasteiger partial charge is 0.444 e. The SMILES string of the molecule is CC(C)(C)OC(=O)N1CCC[C@H]1C(O)[C@@H](c1cccc(F)c1)n1ccc2ccccc21. The van der Waals surface area contributed by atoms with Crippen LogP contribution < -0.4 is 0 Å². The lowest BCUT2D eigenvalue weighted by Gasteiger charge is -2.35. The number of para-hydroxylation sites is 1. The van der Waals surface area contributed by atoms with Crippen LogP contribution >= 0.6 is 0 Å². The molecule has 1 aromatic heterocycles. The van der Waals surface area contributed by atoms with E-state index in [2.05, 4.69) is 0 Å². The van der Waals surface area contributed by atoms with Crippen LogP contribution in [-0.4, -0.2) is 45.0 Å². The molecule has 1 aliphatic heterocycles. The van der Waals surface area contributed by atoms with Gasteiger partial charge in [-0.2, -0.15) is 0 Å². The van der Waals surface area contributed by atoms with Crippen LogP contribution in [-0.2, 0) is 4.74 Å². The quantitative estimate of drug-likeness (QED) is 0.632. The van der Waals surface area contributed by atoms with Crippen molar-refractivity contribution >= 4 is 17.0 Å². The average Bonchev–Trinajstić information content (AvgIpc) is 3.35. The summed E-state index contributed by atoms with van der Waals surface area (Å²) in [6.07, 6.45) is 1.99. The van der Waals surface area contributed by atoms with Gasteiger partial charge in [-0.15, -0.1) is 0 Å². The molecular formula is C25H29FN2O3. The monoisotopic (exact) mass is 424 g/mol.